The molecule has 9 heteroatoms. The summed E-state index contributed by atoms with van der Waals surface area (Å²) in [6.07, 6.45) is 1.12. The predicted octanol–water partition coefficient (Wildman–Crippen LogP) is 2.37. The third-order valence-electron chi connectivity index (χ3n) is 3.60. The number of amides is 2. The minimum atomic E-state index is -0.681. The summed E-state index contributed by atoms with van der Waals surface area (Å²) >= 11 is 0. The minimum Gasteiger partial charge on any atom is -0.400 e. The average Bonchev–Trinajstić information content (AvgIpc) is 3.08. The van der Waals surface area contributed by atoms with Crippen molar-refractivity contribution in [2.45, 2.75) is 26.2 Å². The third-order valence-corrected chi connectivity index (χ3v) is 3.60. The van der Waals surface area contributed by atoms with Crippen molar-refractivity contribution in [2.75, 3.05) is 6.54 Å². The summed E-state index contributed by atoms with van der Waals surface area (Å²) < 4.78 is 4.85. The number of rotatable bonds is 6. The zero-order chi connectivity index (χ0) is 20.0. The lowest BCUT2D eigenvalue weighted by Crippen LogP contribution is -2.34. The molecule has 0 radical (unpaired) electrons. The molecule has 2 N–H and O–H groups in total. The molecule has 0 fully saturated rings. The van der Waals surface area contributed by atoms with Crippen LogP contribution in [0.2, 0.25) is 0 Å². The lowest BCUT2D eigenvalue weighted by molar-refractivity contribution is -0.402. The van der Waals surface area contributed by atoms with Gasteiger partial charge in [0.25, 0.3) is 11.8 Å². The highest BCUT2D eigenvalue weighted by Gasteiger charge is 2.14. The Morgan fingerprint density at radius 2 is 1.85 bits per heavy atom. The molecule has 0 atom stereocenters. The molecule has 2 rings (SSSR count). The molecular weight excluding hydrogens is 352 g/mol. The predicted molar refractivity (Wildman–Crippen MR) is 98.6 cm³/mol. The number of nitrogens with one attached hydrogen (secondary N) is 2. The van der Waals surface area contributed by atoms with Crippen LogP contribution in [0.4, 0.5) is 5.88 Å². The number of benzene rings is 1. The van der Waals surface area contributed by atoms with Crippen LogP contribution in [0.1, 0.15) is 42.5 Å². The monoisotopic (exact) mass is 372 g/mol. The van der Waals surface area contributed by atoms with Gasteiger partial charge in [-0.2, -0.15) is 5.10 Å². The molecule has 2 amide bonds. The van der Waals surface area contributed by atoms with Crippen molar-refractivity contribution in [3.8, 4) is 0 Å². The molecule has 9 nitrogen and oxygen atoms in total. The summed E-state index contributed by atoms with van der Waals surface area (Å²) in [6, 6.07) is 9.68. The van der Waals surface area contributed by atoms with E-state index in [4.69, 9.17) is 4.42 Å². The van der Waals surface area contributed by atoms with E-state index in [1.165, 1.54) is 12.1 Å². The largest absolute Gasteiger partial charge is 0.433 e. The fourth-order valence-corrected chi connectivity index (χ4v) is 2.10. The van der Waals surface area contributed by atoms with Gasteiger partial charge in [0.05, 0.1) is 18.8 Å². The normalized spacial score (nSPS) is 11.4. The van der Waals surface area contributed by atoms with Gasteiger partial charge in [-0.05, 0) is 29.2 Å². The lowest BCUT2D eigenvalue weighted by atomic mass is 9.87. The molecule has 27 heavy (non-hydrogen) atoms. The van der Waals surface area contributed by atoms with Gasteiger partial charge in [0, 0.05) is 5.56 Å². The molecule has 1 heterocycles. The molecule has 0 aliphatic carbocycles. The van der Waals surface area contributed by atoms with E-state index in [0.717, 1.165) is 11.8 Å². The van der Waals surface area contributed by atoms with Gasteiger partial charge in [0.15, 0.2) is 5.76 Å². The second-order valence-electron chi connectivity index (χ2n) is 6.74. The zero-order valence-corrected chi connectivity index (χ0v) is 15.2. The summed E-state index contributed by atoms with van der Waals surface area (Å²) in [4.78, 5) is 33.6. The maximum atomic E-state index is 12.1. The van der Waals surface area contributed by atoms with E-state index in [0.29, 0.717) is 5.56 Å². The van der Waals surface area contributed by atoms with Crippen molar-refractivity contribution in [1.29, 1.82) is 0 Å². The smallest absolute Gasteiger partial charge is 0.400 e. The highest BCUT2D eigenvalue weighted by atomic mass is 16.6. The Bertz CT molecular complexity index is 863. The van der Waals surface area contributed by atoms with E-state index in [2.05, 4.69) is 36.6 Å². The Morgan fingerprint density at radius 3 is 2.41 bits per heavy atom. The number of nitro groups is 1. The lowest BCUT2D eigenvalue weighted by Gasteiger charge is -2.19. The van der Waals surface area contributed by atoms with Crippen LogP contribution < -0.4 is 10.7 Å². The fourth-order valence-electron chi connectivity index (χ4n) is 2.10. The van der Waals surface area contributed by atoms with Crippen LogP contribution in [0.25, 0.3) is 0 Å². The highest BCUT2D eigenvalue weighted by molar-refractivity contribution is 5.96. The summed E-state index contributed by atoms with van der Waals surface area (Å²) in [5.41, 5.74) is 3.73. The van der Waals surface area contributed by atoms with Crippen LogP contribution in [0.15, 0.2) is 45.9 Å². The molecule has 142 valence electrons. The van der Waals surface area contributed by atoms with Crippen molar-refractivity contribution in [3.63, 3.8) is 0 Å². The van der Waals surface area contributed by atoms with Crippen LogP contribution in [-0.2, 0) is 10.2 Å². The molecule has 0 aliphatic heterocycles. The summed E-state index contributed by atoms with van der Waals surface area (Å²) in [6.45, 7) is 5.96. The van der Waals surface area contributed by atoms with Crippen LogP contribution >= 0.6 is 0 Å². The van der Waals surface area contributed by atoms with E-state index in [9.17, 15) is 19.7 Å². The number of nitrogens with zero attached hydrogens (tertiary/aromatic N) is 2. The quantitative estimate of drug-likeness (QED) is 0.457. The zero-order valence-electron chi connectivity index (χ0n) is 15.2. The van der Waals surface area contributed by atoms with Crippen LogP contribution in [0.3, 0.4) is 0 Å². The van der Waals surface area contributed by atoms with Gasteiger partial charge in [-0.3, -0.25) is 19.7 Å². The molecule has 0 spiro atoms. The van der Waals surface area contributed by atoms with Crippen molar-refractivity contribution in [3.05, 3.63) is 63.4 Å². The van der Waals surface area contributed by atoms with E-state index >= 15 is 0 Å². The van der Waals surface area contributed by atoms with Gasteiger partial charge in [-0.25, -0.2) is 5.43 Å². The van der Waals surface area contributed by atoms with Gasteiger partial charge in [-0.1, -0.05) is 32.9 Å². The van der Waals surface area contributed by atoms with Crippen molar-refractivity contribution >= 4 is 23.9 Å². The first-order valence-corrected chi connectivity index (χ1v) is 8.11. The Morgan fingerprint density at radius 1 is 1.19 bits per heavy atom. The Hall–Kier alpha value is -3.49. The van der Waals surface area contributed by atoms with Crippen molar-refractivity contribution in [1.82, 2.24) is 10.7 Å². The number of carbonyl (C=O) groups excluding carboxylic acids is 2. The van der Waals surface area contributed by atoms with Crippen LogP contribution in [0, 0.1) is 10.1 Å². The highest BCUT2D eigenvalue weighted by Crippen LogP contribution is 2.22. The topological polar surface area (TPSA) is 127 Å². The minimum absolute atomic E-state index is 0.0126. The maximum Gasteiger partial charge on any atom is 0.433 e. The van der Waals surface area contributed by atoms with E-state index in [-0.39, 0.29) is 23.6 Å². The first kappa shape index (κ1) is 19.8. The van der Waals surface area contributed by atoms with E-state index in [1.807, 2.05) is 12.1 Å². The number of furan rings is 1. The number of hydrogen-bond acceptors (Lipinski definition) is 6. The average molecular weight is 372 g/mol. The van der Waals surface area contributed by atoms with Crippen LogP contribution in [-0.4, -0.2) is 29.5 Å². The number of hydrazone groups is 1. The molecule has 0 unspecified atom stereocenters. The first-order valence-electron chi connectivity index (χ1n) is 8.11. The van der Waals surface area contributed by atoms with Gasteiger partial charge < -0.3 is 9.73 Å². The second-order valence-corrected chi connectivity index (χ2v) is 6.74. The standard InChI is InChI=1S/C18H20N4O5/c1-18(2,3)13-6-4-12(5-7-13)17(24)19-11-15(23)21-20-10-14-8-9-16(27-14)22(25)26/h4-10H,11H2,1-3H3,(H,19,24)(H,21,23). The SMILES string of the molecule is CC(C)(C)c1ccc(C(=O)NCC(=O)NN=Cc2ccc([N+](=O)[O-])o2)cc1. The number of carbonyl (C=O) groups is 2. The maximum absolute atomic E-state index is 12.1. The third kappa shape index (κ3) is 5.77. The Labute approximate surface area is 155 Å². The second kappa shape index (κ2) is 8.26. The Balaban J connectivity index is 1.81. The molecule has 0 bridgehead atoms. The van der Waals surface area contributed by atoms with Crippen molar-refractivity contribution in [2.24, 2.45) is 5.10 Å². The van der Waals surface area contributed by atoms with Gasteiger partial charge in [0.1, 0.15) is 4.92 Å². The molecule has 0 saturated heterocycles. The molecule has 0 saturated carbocycles. The van der Waals surface area contributed by atoms with Gasteiger partial charge >= 0.3 is 5.88 Å². The Kier molecular flexibility index (Phi) is 6.07. The summed E-state index contributed by atoms with van der Waals surface area (Å²) in [7, 11) is 0. The van der Waals surface area contributed by atoms with E-state index < -0.39 is 16.7 Å². The van der Waals surface area contributed by atoms with E-state index in [1.54, 1.807) is 12.1 Å². The van der Waals surface area contributed by atoms with Crippen molar-refractivity contribution < 1.29 is 18.9 Å². The number of hydrogen-bond donors (Lipinski definition) is 2. The van der Waals surface area contributed by atoms with Gasteiger partial charge in [-0.15, -0.1) is 0 Å². The molecule has 1 aromatic carbocycles. The fraction of sp³-hybridized carbons (Fsp3) is 0.278. The first-order chi connectivity index (χ1) is 12.7. The molecule has 1 aromatic heterocycles. The van der Waals surface area contributed by atoms with Gasteiger partial charge in [0.2, 0.25) is 0 Å². The molecule has 0 aliphatic rings. The summed E-state index contributed by atoms with van der Waals surface area (Å²) in [5, 5.41) is 16.6. The summed E-state index contributed by atoms with van der Waals surface area (Å²) in [5.74, 6) is -1.24. The molecular formula is C18H20N4O5. The molecule has 2 aromatic rings. The van der Waals surface area contributed by atoms with Crippen LogP contribution in [0.5, 0.6) is 0 Å².